The molecule has 4 rings (SSSR count). The van der Waals surface area contributed by atoms with E-state index in [0.717, 1.165) is 11.4 Å². The summed E-state index contributed by atoms with van der Waals surface area (Å²) in [4.78, 5) is 18.3. The Morgan fingerprint density at radius 3 is 2.31 bits per heavy atom. The third-order valence-electron chi connectivity index (χ3n) is 5.10. The lowest BCUT2D eigenvalue weighted by molar-refractivity contribution is -0.130. The highest BCUT2D eigenvalue weighted by atomic mass is 32.2. The second kappa shape index (κ2) is 7.53. The molecule has 1 fully saturated rings. The Kier molecular flexibility index (Phi) is 5.06. The number of sulfone groups is 1. The van der Waals surface area contributed by atoms with Gasteiger partial charge in [-0.15, -0.1) is 0 Å². The molecule has 2 aliphatic rings. The van der Waals surface area contributed by atoms with Crippen LogP contribution in [0.1, 0.15) is 0 Å². The molecule has 0 unspecified atom stereocenters. The predicted molar refractivity (Wildman–Crippen MR) is 112 cm³/mol. The van der Waals surface area contributed by atoms with Crippen molar-refractivity contribution >= 4 is 32.8 Å². The fourth-order valence-corrected chi connectivity index (χ4v) is 5.02. The van der Waals surface area contributed by atoms with Gasteiger partial charge in [0.15, 0.2) is 4.91 Å². The first kappa shape index (κ1) is 19.5. The molecule has 0 bridgehead atoms. The van der Waals surface area contributed by atoms with Crippen LogP contribution in [0.25, 0.3) is 0 Å². The van der Waals surface area contributed by atoms with Crippen LogP contribution in [-0.4, -0.2) is 59.6 Å². The van der Waals surface area contributed by atoms with Gasteiger partial charge < -0.3 is 19.4 Å². The molecule has 29 heavy (non-hydrogen) atoms. The molecule has 0 saturated carbocycles. The van der Waals surface area contributed by atoms with Gasteiger partial charge >= 0.3 is 0 Å². The van der Waals surface area contributed by atoms with Crippen molar-refractivity contribution in [3.63, 3.8) is 0 Å². The number of carbonyl (C=O) groups excluding carboxylic acids is 1. The topological polar surface area (TPSA) is 70.2 Å². The molecule has 0 spiro atoms. The van der Waals surface area contributed by atoms with Crippen LogP contribution >= 0.6 is 0 Å². The van der Waals surface area contributed by atoms with Gasteiger partial charge in [0, 0.05) is 44.8 Å². The van der Waals surface area contributed by atoms with E-state index < -0.39 is 15.7 Å². The lowest BCUT2D eigenvalue weighted by Crippen LogP contribution is -2.43. The van der Waals surface area contributed by atoms with Crippen molar-refractivity contribution in [3.05, 3.63) is 59.6 Å². The Morgan fingerprint density at radius 2 is 1.66 bits per heavy atom. The molecule has 8 heteroatoms. The first-order valence-electron chi connectivity index (χ1n) is 9.39. The summed E-state index contributed by atoms with van der Waals surface area (Å²) in [5.74, 6) is -0.488. The van der Waals surface area contributed by atoms with Gasteiger partial charge in [0.05, 0.1) is 23.8 Å². The first-order chi connectivity index (χ1) is 13.9. The minimum absolute atomic E-state index is 0.135. The number of ether oxygens (including phenoxy) is 1. The van der Waals surface area contributed by atoms with Crippen LogP contribution in [0.3, 0.4) is 0 Å². The summed E-state index contributed by atoms with van der Waals surface area (Å²) in [7, 11) is -0.00445. The maximum atomic E-state index is 13.2. The van der Waals surface area contributed by atoms with E-state index in [1.807, 2.05) is 43.3 Å². The monoisotopic (exact) mass is 413 g/mol. The number of carbonyl (C=O) groups is 1. The Hall–Kier alpha value is -2.84. The van der Waals surface area contributed by atoms with Crippen LogP contribution in [0.4, 0.5) is 17.1 Å². The highest BCUT2D eigenvalue weighted by Crippen LogP contribution is 2.40. The summed E-state index contributed by atoms with van der Waals surface area (Å²) in [5, 5.41) is 0. The molecule has 2 aromatic rings. The van der Waals surface area contributed by atoms with Gasteiger partial charge in [-0.05, 0) is 36.4 Å². The number of hydrogen-bond acceptors (Lipinski definition) is 6. The summed E-state index contributed by atoms with van der Waals surface area (Å²) in [5.41, 5.74) is 2.34. The minimum Gasteiger partial charge on any atom is -0.378 e. The number of fused-ring (bicyclic) bond motifs is 1. The highest BCUT2D eigenvalue weighted by molar-refractivity contribution is 7.96. The maximum Gasteiger partial charge on any atom is 0.267 e. The molecule has 2 aromatic carbocycles. The molecule has 0 N–H and O–H groups in total. The van der Waals surface area contributed by atoms with Gasteiger partial charge in [0.25, 0.3) is 5.91 Å². The van der Waals surface area contributed by atoms with Gasteiger partial charge in [0.1, 0.15) is 0 Å². The fourth-order valence-electron chi connectivity index (χ4n) is 3.48. The van der Waals surface area contributed by atoms with Crippen LogP contribution in [0.5, 0.6) is 0 Å². The molecule has 2 heterocycles. The van der Waals surface area contributed by atoms with Crippen molar-refractivity contribution in [1.82, 2.24) is 4.90 Å². The standard InChI is InChI=1S/C21H23N3O4S/c1-22(2)16-7-9-17(10-8-16)24-15-20(21(25)23-11-13-28-14-12-23)29(26,27)19-6-4-3-5-18(19)24/h3-10,15H,11-14H2,1-2H3. The average molecular weight is 413 g/mol. The molecule has 7 nitrogen and oxygen atoms in total. The van der Waals surface area contributed by atoms with Crippen LogP contribution in [-0.2, 0) is 19.4 Å². The van der Waals surface area contributed by atoms with Gasteiger partial charge in [-0.1, -0.05) is 12.1 Å². The molecular weight excluding hydrogens is 390 g/mol. The van der Waals surface area contributed by atoms with Gasteiger partial charge in [0.2, 0.25) is 9.84 Å². The van der Waals surface area contributed by atoms with E-state index in [4.69, 9.17) is 4.74 Å². The van der Waals surface area contributed by atoms with E-state index in [2.05, 4.69) is 0 Å². The summed E-state index contributed by atoms with van der Waals surface area (Å²) in [6, 6.07) is 14.5. The average Bonchev–Trinajstić information content (AvgIpc) is 2.74. The largest absolute Gasteiger partial charge is 0.378 e. The zero-order valence-electron chi connectivity index (χ0n) is 16.4. The molecule has 152 valence electrons. The second-order valence-electron chi connectivity index (χ2n) is 7.15. The predicted octanol–water partition coefficient (Wildman–Crippen LogP) is 2.38. The summed E-state index contributed by atoms with van der Waals surface area (Å²) in [6.45, 7) is 1.58. The Bertz CT molecular complexity index is 1060. The van der Waals surface area contributed by atoms with E-state index >= 15 is 0 Å². The van der Waals surface area contributed by atoms with Crippen molar-refractivity contribution in [2.24, 2.45) is 0 Å². The lowest BCUT2D eigenvalue weighted by atomic mass is 10.2. The summed E-state index contributed by atoms with van der Waals surface area (Å²) >= 11 is 0. The van der Waals surface area contributed by atoms with Crippen LogP contribution in [0.2, 0.25) is 0 Å². The molecule has 0 aliphatic carbocycles. The van der Waals surface area contributed by atoms with Gasteiger partial charge in [-0.25, -0.2) is 8.42 Å². The second-order valence-corrected chi connectivity index (χ2v) is 9.04. The van der Waals surface area contributed by atoms with Crippen LogP contribution in [0.15, 0.2) is 64.5 Å². The number of nitrogens with zero attached hydrogens (tertiary/aromatic N) is 3. The number of rotatable bonds is 3. The van der Waals surface area contributed by atoms with Gasteiger partial charge in [-0.3, -0.25) is 4.79 Å². The van der Waals surface area contributed by atoms with Crippen molar-refractivity contribution in [2.75, 3.05) is 50.2 Å². The molecule has 2 aliphatic heterocycles. The SMILES string of the molecule is CN(C)c1ccc(N2C=C(C(=O)N3CCOCC3)S(=O)(=O)c3ccccc32)cc1. The molecule has 0 aromatic heterocycles. The Balaban J connectivity index is 1.81. The smallest absolute Gasteiger partial charge is 0.267 e. The van der Waals surface area contributed by atoms with Crippen LogP contribution < -0.4 is 9.80 Å². The first-order valence-corrected chi connectivity index (χ1v) is 10.9. The number of hydrogen-bond donors (Lipinski definition) is 0. The summed E-state index contributed by atoms with van der Waals surface area (Å²) in [6.07, 6.45) is 1.44. The van der Waals surface area contributed by atoms with Crippen molar-refractivity contribution in [3.8, 4) is 0 Å². The Morgan fingerprint density at radius 1 is 1.00 bits per heavy atom. The number of para-hydroxylation sites is 1. The molecule has 0 atom stereocenters. The number of benzene rings is 2. The van der Waals surface area contributed by atoms with E-state index in [1.165, 1.54) is 11.1 Å². The molecule has 1 saturated heterocycles. The van der Waals surface area contributed by atoms with Crippen molar-refractivity contribution < 1.29 is 17.9 Å². The minimum atomic E-state index is -3.91. The number of morpholine rings is 1. The van der Waals surface area contributed by atoms with E-state index in [1.54, 1.807) is 29.2 Å². The zero-order valence-corrected chi connectivity index (χ0v) is 17.2. The van der Waals surface area contributed by atoms with E-state index in [9.17, 15) is 13.2 Å². The maximum absolute atomic E-state index is 13.2. The van der Waals surface area contributed by atoms with Crippen molar-refractivity contribution in [2.45, 2.75) is 4.90 Å². The fraction of sp³-hybridized carbons (Fsp3) is 0.286. The zero-order chi connectivity index (χ0) is 20.6. The normalized spacial score (nSPS) is 18.1. The molecule has 1 amide bonds. The number of anilines is 3. The number of amides is 1. The summed E-state index contributed by atoms with van der Waals surface area (Å²) < 4.78 is 31.7. The molecular formula is C21H23N3O4S. The van der Waals surface area contributed by atoms with Crippen molar-refractivity contribution in [1.29, 1.82) is 0 Å². The van der Waals surface area contributed by atoms with E-state index in [0.29, 0.717) is 32.0 Å². The third kappa shape index (κ3) is 3.49. The van der Waals surface area contributed by atoms with Gasteiger partial charge in [-0.2, -0.15) is 0 Å². The quantitative estimate of drug-likeness (QED) is 0.770. The molecule has 0 radical (unpaired) electrons. The van der Waals surface area contributed by atoms with E-state index in [-0.39, 0.29) is 9.80 Å². The van der Waals surface area contributed by atoms with Crippen LogP contribution in [0, 0.1) is 0 Å². The third-order valence-corrected chi connectivity index (χ3v) is 6.89. The Labute approximate surface area is 170 Å². The lowest BCUT2D eigenvalue weighted by Gasteiger charge is -2.32. The highest BCUT2D eigenvalue weighted by Gasteiger charge is 2.37.